The summed E-state index contributed by atoms with van der Waals surface area (Å²) in [6.45, 7) is 0.379. The van der Waals surface area contributed by atoms with Crippen molar-refractivity contribution < 1.29 is 18.4 Å². The number of hydrogen-bond acceptors (Lipinski definition) is 3. The van der Waals surface area contributed by atoms with Crippen molar-refractivity contribution in [3.8, 4) is 0 Å². The Balaban J connectivity index is 1.46. The number of carbonyl (C=O) groups is 2. The smallest absolute Gasteiger partial charge is 0.227 e. The lowest BCUT2D eigenvalue weighted by molar-refractivity contribution is -0.128. The summed E-state index contributed by atoms with van der Waals surface area (Å²) in [5.41, 5.74) is 0.761. The minimum Gasteiger partial charge on any atom is -0.350 e. The van der Waals surface area contributed by atoms with Crippen LogP contribution in [0.5, 0.6) is 0 Å². The average Bonchev–Trinajstić information content (AvgIpc) is 2.69. The molecule has 0 atom stereocenters. The molecule has 2 N–H and O–H groups in total. The molecule has 0 unspecified atom stereocenters. The Morgan fingerprint density at radius 3 is 2.33 bits per heavy atom. The van der Waals surface area contributed by atoms with Gasteiger partial charge in [0, 0.05) is 24.1 Å². The molecular weight excluding hydrogens is 352 g/mol. The first kappa shape index (κ1) is 18.9. The van der Waals surface area contributed by atoms with Gasteiger partial charge in [-0.05, 0) is 49.9 Å². The van der Waals surface area contributed by atoms with E-state index in [1.54, 1.807) is 6.20 Å². The van der Waals surface area contributed by atoms with E-state index in [0.29, 0.717) is 32.2 Å². The maximum atomic E-state index is 13.7. The van der Waals surface area contributed by atoms with Crippen LogP contribution in [0.1, 0.15) is 31.4 Å². The third-order valence-electron chi connectivity index (χ3n) is 4.83. The Morgan fingerprint density at radius 1 is 1.00 bits per heavy atom. The molecule has 0 saturated heterocycles. The van der Waals surface area contributed by atoms with Crippen molar-refractivity contribution in [1.29, 1.82) is 0 Å². The van der Waals surface area contributed by atoms with Crippen molar-refractivity contribution in [2.75, 3.05) is 5.32 Å². The molecule has 2 aromatic rings. The molecule has 27 heavy (non-hydrogen) atoms. The summed E-state index contributed by atoms with van der Waals surface area (Å²) < 4.78 is 26.6. The Bertz CT molecular complexity index is 806. The van der Waals surface area contributed by atoms with Gasteiger partial charge in [-0.3, -0.25) is 14.6 Å². The van der Waals surface area contributed by atoms with Crippen molar-refractivity contribution in [3.05, 3.63) is 59.9 Å². The first-order valence-electron chi connectivity index (χ1n) is 8.96. The Labute approximate surface area is 156 Å². The highest BCUT2D eigenvalue weighted by molar-refractivity contribution is 5.92. The van der Waals surface area contributed by atoms with Gasteiger partial charge in [0.15, 0.2) is 0 Å². The number of aromatic nitrogens is 1. The van der Waals surface area contributed by atoms with Crippen LogP contribution >= 0.6 is 0 Å². The minimum absolute atomic E-state index is 0.0309. The fraction of sp³-hybridized carbons (Fsp3) is 0.350. The first-order chi connectivity index (χ1) is 13.0. The summed E-state index contributed by atoms with van der Waals surface area (Å²) in [4.78, 5) is 28.8. The number of nitrogens with zero attached hydrogens (tertiary/aromatic N) is 1. The third-order valence-corrected chi connectivity index (χ3v) is 4.83. The van der Waals surface area contributed by atoms with Gasteiger partial charge in [-0.2, -0.15) is 0 Å². The van der Waals surface area contributed by atoms with Crippen molar-refractivity contribution in [2.24, 2.45) is 11.8 Å². The predicted molar refractivity (Wildman–Crippen MR) is 96.5 cm³/mol. The highest BCUT2D eigenvalue weighted by Gasteiger charge is 2.30. The molecule has 1 heterocycles. The lowest BCUT2D eigenvalue weighted by atomic mass is 9.81. The SMILES string of the molecule is O=C(NCc1ccccn1)C1CCC(C(=O)Nc2ccc(F)cc2F)CC1. The summed E-state index contributed by atoms with van der Waals surface area (Å²) in [6.07, 6.45) is 3.97. The van der Waals surface area contributed by atoms with Gasteiger partial charge in [0.25, 0.3) is 0 Å². The number of rotatable bonds is 5. The second kappa shape index (κ2) is 8.70. The molecule has 7 heteroatoms. The zero-order valence-corrected chi connectivity index (χ0v) is 14.8. The minimum atomic E-state index is -0.800. The van der Waals surface area contributed by atoms with Gasteiger partial charge in [-0.25, -0.2) is 8.78 Å². The number of nitrogens with one attached hydrogen (secondary N) is 2. The highest BCUT2D eigenvalue weighted by atomic mass is 19.1. The molecule has 0 spiro atoms. The van der Waals surface area contributed by atoms with Crippen LogP contribution in [0.3, 0.4) is 0 Å². The van der Waals surface area contributed by atoms with Crippen LogP contribution in [-0.4, -0.2) is 16.8 Å². The van der Waals surface area contributed by atoms with Gasteiger partial charge in [-0.15, -0.1) is 0 Å². The van der Waals surface area contributed by atoms with Gasteiger partial charge in [0.05, 0.1) is 17.9 Å². The number of carbonyl (C=O) groups excluding carboxylic acids is 2. The zero-order valence-electron chi connectivity index (χ0n) is 14.8. The number of pyridine rings is 1. The summed E-state index contributed by atoms with van der Waals surface area (Å²) in [5.74, 6) is -2.25. The lowest BCUT2D eigenvalue weighted by Gasteiger charge is -2.27. The van der Waals surface area contributed by atoms with Crippen LogP contribution < -0.4 is 10.6 Å². The summed E-state index contributed by atoms with van der Waals surface area (Å²) in [5, 5.41) is 5.39. The van der Waals surface area contributed by atoms with Gasteiger partial charge in [0.1, 0.15) is 11.6 Å². The van der Waals surface area contributed by atoms with Gasteiger partial charge in [-0.1, -0.05) is 6.07 Å². The van der Waals surface area contributed by atoms with E-state index in [1.165, 1.54) is 6.07 Å². The first-order valence-corrected chi connectivity index (χ1v) is 8.96. The van der Waals surface area contributed by atoms with Crippen LogP contribution in [0.2, 0.25) is 0 Å². The van der Waals surface area contributed by atoms with Crippen molar-refractivity contribution in [3.63, 3.8) is 0 Å². The molecule has 142 valence electrons. The molecule has 1 aliphatic rings. The standard InChI is InChI=1S/C20H21F2N3O2/c21-15-8-9-18(17(22)11-15)25-20(27)14-6-4-13(5-7-14)19(26)24-12-16-3-1-2-10-23-16/h1-3,8-11,13-14H,4-7,12H2,(H,24,26)(H,25,27). The second-order valence-corrected chi connectivity index (χ2v) is 6.70. The van der Waals surface area contributed by atoms with Crippen LogP contribution in [0.4, 0.5) is 14.5 Å². The van der Waals surface area contributed by atoms with Crippen LogP contribution in [-0.2, 0) is 16.1 Å². The molecule has 1 fully saturated rings. The molecule has 1 saturated carbocycles. The fourth-order valence-electron chi connectivity index (χ4n) is 3.27. The second-order valence-electron chi connectivity index (χ2n) is 6.70. The topological polar surface area (TPSA) is 71.1 Å². The van der Waals surface area contributed by atoms with E-state index in [4.69, 9.17) is 0 Å². The van der Waals surface area contributed by atoms with Crippen LogP contribution in [0, 0.1) is 23.5 Å². The predicted octanol–water partition coefficient (Wildman–Crippen LogP) is 3.42. The molecule has 0 bridgehead atoms. The van der Waals surface area contributed by atoms with E-state index >= 15 is 0 Å². The van der Waals surface area contributed by atoms with E-state index in [0.717, 1.165) is 17.8 Å². The Kier molecular flexibility index (Phi) is 6.11. The van der Waals surface area contributed by atoms with Gasteiger partial charge < -0.3 is 10.6 Å². The van der Waals surface area contributed by atoms with E-state index in [2.05, 4.69) is 15.6 Å². The van der Waals surface area contributed by atoms with E-state index in [9.17, 15) is 18.4 Å². The molecular formula is C20H21F2N3O2. The molecule has 2 amide bonds. The summed E-state index contributed by atoms with van der Waals surface area (Å²) >= 11 is 0. The number of amides is 2. The van der Waals surface area contributed by atoms with Crippen molar-refractivity contribution in [1.82, 2.24) is 10.3 Å². The largest absolute Gasteiger partial charge is 0.350 e. The number of halogens is 2. The molecule has 5 nitrogen and oxygen atoms in total. The van der Waals surface area contributed by atoms with Crippen molar-refractivity contribution >= 4 is 17.5 Å². The third kappa shape index (κ3) is 5.09. The number of anilines is 1. The highest BCUT2D eigenvalue weighted by Crippen LogP contribution is 2.30. The normalized spacial score (nSPS) is 19.3. The molecule has 0 aliphatic heterocycles. The van der Waals surface area contributed by atoms with Gasteiger partial charge in [0.2, 0.25) is 11.8 Å². The quantitative estimate of drug-likeness (QED) is 0.844. The van der Waals surface area contributed by atoms with E-state index in [-0.39, 0.29) is 29.3 Å². The maximum absolute atomic E-state index is 13.7. The molecule has 1 aliphatic carbocycles. The van der Waals surface area contributed by atoms with Crippen LogP contribution in [0.15, 0.2) is 42.6 Å². The van der Waals surface area contributed by atoms with Crippen molar-refractivity contribution in [2.45, 2.75) is 32.2 Å². The Hall–Kier alpha value is -2.83. The summed E-state index contributed by atoms with van der Waals surface area (Å²) in [7, 11) is 0. The van der Waals surface area contributed by atoms with Crippen LogP contribution in [0.25, 0.3) is 0 Å². The summed E-state index contributed by atoms with van der Waals surface area (Å²) in [6, 6.07) is 8.56. The lowest BCUT2D eigenvalue weighted by Crippen LogP contribution is -2.35. The Morgan fingerprint density at radius 2 is 1.70 bits per heavy atom. The molecule has 0 radical (unpaired) electrons. The fourth-order valence-corrected chi connectivity index (χ4v) is 3.27. The van der Waals surface area contributed by atoms with E-state index < -0.39 is 11.6 Å². The average molecular weight is 373 g/mol. The monoisotopic (exact) mass is 373 g/mol. The molecule has 1 aromatic heterocycles. The molecule has 1 aromatic carbocycles. The number of hydrogen-bond donors (Lipinski definition) is 2. The van der Waals surface area contributed by atoms with Gasteiger partial charge >= 0.3 is 0 Å². The maximum Gasteiger partial charge on any atom is 0.227 e. The zero-order chi connectivity index (χ0) is 19.2. The number of benzene rings is 1. The van der Waals surface area contributed by atoms with E-state index in [1.807, 2.05) is 18.2 Å². The molecule has 3 rings (SSSR count).